The molecule has 1 fully saturated rings. The zero-order valence-electron chi connectivity index (χ0n) is 16.4. The van der Waals surface area contributed by atoms with E-state index in [-0.39, 0.29) is 12.6 Å². The van der Waals surface area contributed by atoms with Gasteiger partial charge < -0.3 is 14.6 Å². The van der Waals surface area contributed by atoms with Gasteiger partial charge in [0.1, 0.15) is 6.04 Å². The number of hydrogen-bond acceptors (Lipinski definition) is 5. The Kier molecular flexibility index (Phi) is 7.20. The Morgan fingerprint density at radius 1 is 1.04 bits per heavy atom. The van der Waals surface area contributed by atoms with E-state index < -0.39 is 11.6 Å². The Bertz CT molecular complexity index is 687. The van der Waals surface area contributed by atoms with Gasteiger partial charge in [-0.3, -0.25) is 9.69 Å². The Hall–Kier alpha value is -2.21. The predicted octanol–water partition coefficient (Wildman–Crippen LogP) is 3.16. The molecule has 1 aliphatic rings. The van der Waals surface area contributed by atoms with Crippen LogP contribution in [0.2, 0.25) is 0 Å². The Morgan fingerprint density at radius 3 is 2.00 bits per heavy atom. The highest BCUT2D eigenvalue weighted by Gasteiger charge is 2.47. The number of carbonyl (C=O) groups is 1. The monoisotopic (exact) mass is 383 g/mol. The number of rotatable bonds is 8. The van der Waals surface area contributed by atoms with Crippen molar-refractivity contribution in [2.45, 2.75) is 44.5 Å². The second-order valence-electron chi connectivity index (χ2n) is 7.25. The van der Waals surface area contributed by atoms with E-state index in [1.807, 2.05) is 65.6 Å². The van der Waals surface area contributed by atoms with Gasteiger partial charge in [-0.05, 0) is 18.1 Å². The summed E-state index contributed by atoms with van der Waals surface area (Å²) in [5.41, 5.74) is 1.00. The van der Waals surface area contributed by atoms with Crippen molar-refractivity contribution < 1.29 is 19.4 Å². The van der Waals surface area contributed by atoms with Gasteiger partial charge in [-0.2, -0.15) is 0 Å². The first-order chi connectivity index (χ1) is 13.6. The molecule has 0 saturated carbocycles. The average molecular weight is 383 g/mol. The van der Waals surface area contributed by atoms with Crippen molar-refractivity contribution >= 4 is 5.97 Å². The molecule has 2 aromatic carbocycles. The largest absolute Gasteiger partial charge is 0.465 e. The second kappa shape index (κ2) is 9.82. The third kappa shape index (κ3) is 5.19. The molecule has 5 heteroatoms. The summed E-state index contributed by atoms with van der Waals surface area (Å²) in [7, 11) is 0. The van der Waals surface area contributed by atoms with Gasteiger partial charge in [0, 0.05) is 39.1 Å². The standard InChI is InChI=1S/C23H29NO4/c1-2-28-22(25)21(23(26)13-15-27-16-14-23)24(17-19-9-5-3-6-10-19)18-20-11-7-4-8-12-20/h3-12,21,26H,2,13-18H2,1H3. The molecule has 1 atom stereocenters. The fourth-order valence-electron chi connectivity index (χ4n) is 3.80. The van der Waals surface area contributed by atoms with Crippen LogP contribution in [0.1, 0.15) is 30.9 Å². The predicted molar refractivity (Wildman–Crippen MR) is 108 cm³/mol. The number of aliphatic hydroxyl groups is 1. The zero-order valence-corrected chi connectivity index (χ0v) is 16.4. The maximum Gasteiger partial charge on any atom is 0.326 e. The van der Waals surface area contributed by atoms with Crippen LogP contribution in [0.3, 0.4) is 0 Å². The summed E-state index contributed by atoms with van der Waals surface area (Å²) in [5, 5.41) is 11.4. The third-order valence-corrected chi connectivity index (χ3v) is 5.20. The number of ether oxygens (including phenoxy) is 2. The normalized spacial score (nSPS) is 17.2. The lowest BCUT2D eigenvalue weighted by Gasteiger charge is -2.43. The fraction of sp³-hybridized carbons (Fsp3) is 0.435. The van der Waals surface area contributed by atoms with Gasteiger partial charge in [-0.25, -0.2) is 0 Å². The van der Waals surface area contributed by atoms with Gasteiger partial charge in [-0.1, -0.05) is 60.7 Å². The molecule has 28 heavy (non-hydrogen) atoms. The zero-order chi connectivity index (χ0) is 19.8. The average Bonchev–Trinajstić information content (AvgIpc) is 2.70. The number of esters is 1. The molecule has 1 saturated heterocycles. The molecule has 0 amide bonds. The molecular weight excluding hydrogens is 354 g/mol. The molecule has 150 valence electrons. The van der Waals surface area contributed by atoms with Crippen molar-refractivity contribution in [3.63, 3.8) is 0 Å². The summed E-state index contributed by atoms with van der Waals surface area (Å²) in [6, 6.07) is 19.3. The minimum Gasteiger partial charge on any atom is -0.465 e. The van der Waals surface area contributed by atoms with E-state index >= 15 is 0 Å². The summed E-state index contributed by atoms with van der Waals surface area (Å²) in [4.78, 5) is 15.0. The van der Waals surface area contributed by atoms with Gasteiger partial charge in [0.2, 0.25) is 0 Å². The molecule has 0 aromatic heterocycles. The highest BCUT2D eigenvalue weighted by atomic mass is 16.5. The van der Waals surface area contributed by atoms with Crippen LogP contribution in [-0.4, -0.2) is 47.4 Å². The molecule has 0 spiro atoms. The Labute approximate surface area is 166 Å². The van der Waals surface area contributed by atoms with Crippen LogP contribution in [0, 0.1) is 0 Å². The first kappa shape index (κ1) is 20.5. The molecule has 1 N–H and O–H groups in total. The van der Waals surface area contributed by atoms with Crippen LogP contribution >= 0.6 is 0 Å². The van der Waals surface area contributed by atoms with Gasteiger partial charge in [0.25, 0.3) is 0 Å². The lowest BCUT2D eigenvalue weighted by atomic mass is 9.84. The van der Waals surface area contributed by atoms with E-state index in [1.54, 1.807) is 6.92 Å². The number of benzene rings is 2. The van der Waals surface area contributed by atoms with Crippen molar-refractivity contribution in [3.05, 3.63) is 71.8 Å². The quantitative estimate of drug-likeness (QED) is 0.710. The molecule has 0 bridgehead atoms. The van der Waals surface area contributed by atoms with Crippen molar-refractivity contribution in [2.24, 2.45) is 0 Å². The smallest absolute Gasteiger partial charge is 0.326 e. The molecule has 1 unspecified atom stereocenters. The van der Waals surface area contributed by atoms with Crippen molar-refractivity contribution in [3.8, 4) is 0 Å². The molecule has 2 aromatic rings. The summed E-state index contributed by atoms with van der Waals surface area (Å²) in [6.45, 7) is 4.05. The number of hydrogen-bond donors (Lipinski definition) is 1. The molecular formula is C23H29NO4. The van der Waals surface area contributed by atoms with Crippen molar-refractivity contribution in [2.75, 3.05) is 19.8 Å². The van der Waals surface area contributed by atoms with Crippen molar-refractivity contribution in [1.82, 2.24) is 4.90 Å². The maximum absolute atomic E-state index is 13.0. The molecule has 1 aliphatic heterocycles. The molecule has 5 nitrogen and oxygen atoms in total. The number of carbonyl (C=O) groups excluding carboxylic acids is 1. The Balaban J connectivity index is 1.95. The van der Waals surface area contributed by atoms with E-state index in [0.29, 0.717) is 39.1 Å². The first-order valence-corrected chi connectivity index (χ1v) is 9.91. The van der Waals surface area contributed by atoms with Crippen LogP contribution in [0.5, 0.6) is 0 Å². The SMILES string of the molecule is CCOC(=O)C(N(Cc1ccccc1)Cc1ccccc1)C1(O)CCOCC1. The van der Waals surface area contributed by atoms with Crippen LogP contribution in [0.4, 0.5) is 0 Å². The van der Waals surface area contributed by atoms with Crippen molar-refractivity contribution in [1.29, 1.82) is 0 Å². The minimum atomic E-state index is -1.17. The van der Waals surface area contributed by atoms with Crippen LogP contribution < -0.4 is 0 Å². The summed E-state index contributed by atoms with van der Waals surface area (Å²) >= 11 is 0. The summed E-state index contributed by atoms with van der Waals surface area (Å²) in [5.74, 6) is -0.376. The minimum absolute atomic E-state index is 0.284. The molecule has 3 rings (SSSR count). The lowest BCUT2D eigenvalue weighted by Crippen LogP contribution is -2.59. The van der Waals surface area contributed by atoms with E-state index in [2.05, 4.69) is 0 Å². The van der Waals surface area contributed by atoms with Crippen LogP contribution in [0.15, 0.2) is 60.7 Å². The van der Waals surface area contributed by atoms with Gasteiger partial charge in [-0.15, -0.1) is 0 Å². The van der Waals surface area contributed by atoms with Gasteiger partial charge in [0.05, 0.1) is 12.2 Å². The van der Waals surface area contributed by atoms with Crippen LogP contribution in [-0.2, 0) is 27.4 Å². The van der Waals surface area contributed by atoms with Gasteiger partial charge in [0.15, 0.2) is 0 Å². The van der Waals surface area contributed by atoms with Crippen LogP contribution in [0.25, 0.3) is 0 Å². The Morgan fingerprint density at radius 2 is 1.54 bits per heavy atom. The third-order valence-electron chi connectivity index (χ3n) is 5.20. The topological polar surface area (TPSA) is 59.0 Å². The molecule has 1 heterocycles. The second-order valence-corrected chi connectivity index (χ2v) is 7.25. The summed E-state index contributed by atoms with van der Waals surface area (Å²) < 4.78 is 10.8. The first-order valence-electron chi connectivity index (χ1n) is 9.91. The summed E-state index contributed by atoms with van der Waals surface area (Å²) in [6.07, 6.45) is 0.827. The lowest BCUT2D eigenvalue weighted by molar-refractivity contribution is -0.171. The molecule has 0 radical (unpaired) electrons. The van der Waals surface area contributed by atoms with E-state index in [1.165, 1.54) is 0 Å². The highest BCUT2D eigenvalue weighted by Crippen LogP contribution is 2.31. The highest BCUT2D eigenvalue weighted by molar-refractivity contribution is 5.77. The van der Waals surface area contributed by atoms with E-state index in [4.69, 9.17) is 9.47 Å². The van der Waals surface area contributed by atoms with E-state index in [9.17, 15) is 9.90 Å². The maximum atomic E-state index is 13.0. The molecule has 0 aliphatic carbocycles. The van der Waals surface area contributed by atoms with Gasteiger partial charge >= 0.3 is 5.97 Å². The van der Waals surface area contributed by atoms with E-state index in [0.717, 1.165) is 11.1 Å². The number of nitrogens with zero attached hydrogens (tertiary/aromatic N) is 1. The fourth-order valence-corrected chi connectivity index (χ4v) is 3.80.